The summed E-state index contributed by atoms with van der Waals surface area (Å²) in [6.07, 6.45) is -9.87. The summed E-state index contributed by atoms with van der Waals surface area (Å²) in [6, 6.07) is 0.234. The van der Waals surface area contributed by atoms with E-state index in [1.807, 2.05) is 0 Å². The van der Waals surface area contributed by atoms with Crippen molar-refractivity contribution in [3.05, 3.63) is 29.6 Å². The molecule has 1 aromatic rings. The van der Waals surface area contributed by atoms with Crippen molar-refractivity contribution in [2.75, 3.05) is 5.32 Å². The van der Waals surface area contributed by atoms with Gasteiger partial charge in [-0.1, -0.05) is 0 Å². The molecule has 0 spiro atoms. The molecule has 2 aliphatic rings. The van der Waals surface area contributed by atoms with Gasteiger partial charge in [0.1, 0.15) is 11.6 Å². The van der Waals surface area contributed by atoms with Gasteiger partial charge in [-0.05, 0) is 31.0 Å². The van der Waals surface area contributed by atoms with Crippen molar-refractivity contribution < 1.29 is 45.1 Å². The molecular weight excluding hydrogens is 413 g/mol. The number of amides is 2. The van der Waals surface area contributed by atoms with Gasteiger partial charge in [-0.25, -0.2) is 4.39 Å². The van der Waals surface area contributed by atoms with Gasteiger partial charge in [-0.15, -0.1) is 0 Å². The molecule has 3 rings (SSSR count). The Morgan fingerprint density at radius 2 is 1.62 bits per heavy atom. The summed E-state index contributed by atoms with van der Waals surface area (Å²) in [5, 5.41) is 3.74. The Labute approximate surface area is 158 Å². The molecule has 0 aromatic heterocycles. The molecule has 29 heavy (non-hydrogen) atoms. The minimum Gasteiger partial charge on any atom is -0.344 e. The predicted molar refractivity (Wildman–Crippen MR) is 82.7 cm³/mol. The third kappa shape index (κ3) is 3.92. The summed E-state index contributed by atoms with van der Waals surface area (Å²) in [7, 11) is 0. The first-order valence-corrected chi connectivity index (χ1v) is 8.39. The summed E-state index contributed by atoms with van der Waals surface area (Å²) in [6.45, 7) is 0. The lowest BCUT2D eigenvalue weighted by atomic mass is 9.83. The summed E-state index contributed by atoms with van der Waals surface area (Å²) in [4.78, 5) is 36.0. The molecule has 5 nitrogen and oxygen atoms in total. The average molecular weight is 426 g/mol. The molecular formula is C17H13F7N2O3. The normalized spacial score (nSPS) is 26.5. The highest BCUT2D eigenvalue weighted by Crippen LogP contribution is 2.46. The number of benzene rings is 1. The standard InChI is InChI=1S/C17H13F7N2O3/c18-10-4-1-6(5-9(10)16(19,20)21)25-14(28)11-7-2-3-8(13(7)27)12(11)26-15(29)17(22,23)24/h1,4-5,7-8,11-12H,2-3H2,(H,25,28)(H,26,29)/t7-,8+,11+,12-/m1/s1. The molecule has 2 fully saturated rings. The molecule has 2 bridgehead atoms. The van der Waals surface area contributed by atoms with Gasteiger partial charge in [-0.2, -0.15) is 26.3 Å². The Kier molecular flexibility index (Phi) is 5.08. The van der Waals surface area contributed by atoms with Crippen LogP contribution >= 0.6 is 0 Å². The molecule has 0 aliphatic heterocycles. The largest absolute Gasteiger partial charge is 0.471 e. The number of carbonyl (C=O) groups is 3. The summed E-state index contributed by atoms with van der Waals surface area (Å²) >= 11 is 0. The number of ketones is 1. The number of nitrogens with one attached hydrogen (secondary N) is 2. The van der Waals surface area contributed by atoms with Crippen molar-refractivity contribution in [3.8, 4) is 0 Å². The Hall–Kier alpha value is -2.66. The highest BCUT2D eigenvalue weighted by molar-refractivity contribution is 6.02. The van der Waals surface area contributed by atoms with E-state index in [-0.39, 0.29) is 12.8 Å². The Bertz CT molecular complexity index is 866. The van der Waals surface area contributed by atoms with E-state index < -0.39 is 70.8 Å². The number of alkyl halides is 6. The fourth-order valence-electron chi connectivity index (χ4n) is 3.95. The van der Waals surface area contributed by atoms with Crippen LogP contribution < -0.4 is 10.6 Å². The highest BCUT2D eigenvalue weighted by atomic mass is 19.4. The van der Waals surface area contributed by atoms with E-state index in [1.165, 1.54) is 0 Å². The zero-order chi connectivity index (χ0) is 21.7. The van der Waals surface area contributed by atoms with Crippen LogP contribution in [-0.4, -0.2) is 29.8 Å². The van der Waals surface area contributed by atoms with Gasteiger partial charge in [0.15, 0.2) is 0 Å². The molecule has 158 valence electrons. The highest BCUT2D eigenvalue weighted by Gasteiger charge is 2.58. The lowest BCUT2D eigenvalue weighted by Gasteiger charge is -2.29. The Morgan fingerprint density at radius 3 is 2.21 bits per heavy atom. The summed E-state index contributed by atoms with van der Waals surface area (Å²) in [5.41, 5.74) is -2.08. The first kappa shape index (κ1) is 21.1. The van der Waals surface area contributed by atoms with Crippen LogP contribution in [0.1, 0.15) is 18.4 Å². The van der Waals surface area contributed by atoms with Crippen molar-refractivity contribution in [2.45, 2.75) is 31.2 Å². The molecule has 0 heterocycles. The number of hydrogen-bond acceptors (Lipinski definition) is 3. The van der Waals surface area contributed by atoms with Crippen LogP contribution in [0.2, 0.25) is 0 Å². The monoisotopic (exact) mass is 426 g/mol. The van der Waals surface area contributed by atoms with E-state index in [0.717, 1.165) is 6.07 Å². The summed E-state index contributed by atoms with van der Waals surface area (Å²) < 4.78 is 89.5. The number of carbonyl (C=O) groups excluding carboxylic acids is 3. The maximum atomic E-state index is 13.4. The van der Waals surface area contributed by atoms with E-state index in [1.54, 1.807) is 5.32 Å². The van der Waals surface area contributed by atoms with Crippen molar-refractivity contribution in [2.24, 2.45) is 17.8 Å². The van der Waals surface area contributed by atoms with Crippen LogP contribution in [0.4, 0.5) is 36.4 Å². The molecule has 0 saturated heterocycles. The molecule has 0 unspecified atom stereocenters. The van der Waals surface area contributed by atoms with Gasteiger partial charge in [0.25, 0.3) is 0 Å². The van der Waals surface area contributed by atoms with Gasteiger partial charge in [0.2, 0.25) is 5.91 Å². The fourth-order valence-corrected chi connectivity index (χ4v) is 3.95. The molecule has 2 aliphatic carbocycles. The van der Waals surface area contributed by atoms with E-state index >= 15 is 0 Å². The number of Topliss-reactive ketones (excluding diaryl/α,β-unsaturated/α-hetero) is 1. The summed E-state index contributed by atoms with van der Waals surface area (Å²) in [5.74, 6) is -8.72. The molecule has 2 N–H and O–H groups in total. The Morgan fingerprint density at radius 1 is 1.00 bits per heavy atom. The van der Waals surface area contributed by atoms with Gasteiger partial charge >= 0.3 is 18.3 Å². The van der Waals surface area contributed by atoms with E-state index in [0.29, 0.717) is 12.1 Å². The molecule has 1 aromatic carbocycles. The van der Waals surface area contributed by atoms with Gasteiger partial charge < -0.3 is 10.6 Å². The molecule has 2 saturated carbocycles. The lowest BCUT2D eigenvalue weighted by molar-refractivity contribution is -0.175. The zero-order valence-corrected chi connectivity index (χ0v) is 14.3. The third-order valence-electron chi connectivity index (χ3n) is 5.17. The quantitative estimate of drug-likeness (QED) is 0.730. The maximum absolute atomic E-state index is 13.4. The smallest absolute Gasteiger partial charge is 0.344 e. The van der Waals surface area contributed by atoms with Crippen LogP contribution in [0.15, 0.2) is 18.2 Å². The molecule has 12 heteroatoms. The van der Waals surface area contributed by atoms with Gasteiger partial charge in [0.05, 0.1) is 17.5 Å². The van der Waals surface area contributed by atoms with Crippen molar-refractivity contribution in [1.29, 1.82) is 0 Å². The van der Waals surface area contributed by atoms with Crippen LogP contribution in [0, 0.1) is 23.6 Å². The number of hydrogen-bond donors (Lipinski definition) is 2. The van der Waals surface area contributed by atoms with Crippen LogP contribution in [0.3, 0.4) is 0 Å². The topological polar surface area (TPSA) is 75.3 Å². The maximum Gasteiger partial charge on any atom is 0.471 e. The lowest BCUT2D eigenvalue weighted by Crippen LogP contribution is -2.51. The SMILES string of the molecule is O=C(Nc1ccc(F)c(C(F)(F)F)c1)[C@@H]1[C@H](NC(=O)C(F)(F)F)[C@@H]2CC[C@H]1C2=O. The van der Waals surface area contributed by atoms with Crippen molar-refractivity contribution in [1.82, 2.24) is 5.32 Å². The number of halogens is 7. The van der Waals surface area contributed by atoms with Gasteiger partial charge in [0, 0.05) is 17.5 Å². The zero-order valence-electron chi connectivity index (χ0n) is 14.3. The van der Waals surface area contributed by atoms with Crippen LogP contribution in [-0.2, 0) is 20.6 Å². The first-order chi connectivity index (χ1) is 13.3. The molecule has 0 radical (unpaired) electrons. The second-order valence-corrected chi connectivity index (χ2v) is 6.90. The molecule has 4 atom stereocenters. The molecule has 2 amide bonds. The average Bonchev–Trinajstić information content (AvgIpc) is 3.07. The van der Waals surface area contributed by atoms with Crippen molar-refractivity contribution >= 4 is 23.3 Å². The third-order valence-corrected chi connectivity index (χ3v) is 5.17. The number of fused-ring (bicyclic) bond motifs is 2. The second-order valence-electron chi connectivity index (χ2n) is 6.90. The fraction of sp³-hybridized carbons (Fsp3) is 0.471. The van der Waals surface area contributed by atoms with E-state index in [9.17, 15) is 45.1 Å². The minimum atomic E-state index is -5.23. The van der Waals surface area contributed by atoms with Crippen LogP contribution in [0.5, 0.6) is 0 Å². The Balaban J connectivity index is 1.84. The predicted octanol–water partition coefficient (Wildman–Crippen LogP) is 3.06. The van der Waals surface area contributed by atoms with E-state index in [2.05, 4.69) is 5.32 Å². The van der Waals surface area contributed by atoms with E-state index in [4.69, 9.17) is 0 Å². The minimum absolute atomic E-state index is 0.185. The van der Waals surface area contributed by atoms with Crippen LogP contribution in [0.25, 0.3) is 0 Å². The second kappa shape index (κ2) is 6.99. The number of anilines is 1. The van der Waals surface area contributed by atoms with Gasteiger partial charge in [-0.3, -0.25) is 14.4 Å². The number of rotatable bonds is 3. The first-order valence-electron chi connectivity index (χ1n) is 8.39. The van der Waals surface area contributed by atoms with Crippen molar-refractivity contribution in [3.63, 3.8) is 0 Å².